The lowest BCUT2D eigenvalue weighted by Crippen LogP contribution is -2.55. The second-order valence-corrected chi connectivity index (χ2v) is 8.96. The van der Waals surface area contributed by atoms with Crippen molar-refractivity contribution < 1.29 is 23.8 Å². The number of nitrogens with one attached hydrogen (secondary N) is 2. The van der Waals surface area contributed by atoms with Gasteiger partial charge in [0.2, 0.25) is 5.91 Å². The lowest BCUT2D eigenvalue weighted by Gasteiger charge is -2.41. The largest absolute Gasteiger partial charge is 0.493 e. The normalized spacial score (nSPS) is 19.4. The van der Waals surface area contributed by atoms with E-state index >= 15 is 0 Å². The summed E-state index contributed by atoms with van der Waals surface area (Å²) < 4.78 is 16.6. The zero-order valence-corrected chi connectivity index (χ0v) is 20.5. The van der Waals surface area contributed by atoms with Crippen molar-refractivity contribution in [1.29, 1.82) is 0 Å². The summed E-state index contributed by atoms with van der Waals surface area (Å²) in [6, 6.07) is 14.0. The number of nitrogens with zero attached hydrogens (tertiary/aromatic N) is 1. The minimum absolute atomic E-state index is 0.0701. The highest BCUT2D eigenvalue weighted by atomic mass is 16.5. The summed E-state index contributed by atoms with van der Waals surface area (Å²) >= 11 is 0. The first-order chi connectivity index (χ1) is 16.3. The molecule has 3 rings (SSSR count). The average Bonchev–Trinajstić information content (AvgIpc) is 2.77. The molecule has 1 heterocycles. The number of carbonyl (C=O) groups excluding carboxylic acids is 2. The Morgan fingerprint density at radius 3 is 2.24 bits per heavy atom. The molecule has 0 spiro atoms. The van der Waals surface area contributed by atoms with Gasteiger partial charge in [-0.05, 0) is 50.1 Å². The maximum absolute atomic E-state index is 13.2. The summed E-state index contributed by atoms with van der Waals surface area (Å²) in [5.41, 5.74) is 1.19. The lowest BCUT2D eigenvalue weighted by molar-refractivity contribution is -0.130. The van der Waals surface area contributed by atoms with E-state index in [1.54, 1.807) is 43.5 Å². The predicted molar refractivity (Wildman–Crippen MR) is 132 cm³/mol. The van der Waals surface area contributed by atoms with Gasteiger partial charge in [0.15, 0.2) is 18.1 Å². The summed E-state index contributed by atoms with van der Waals surface area (Å²) in [5.74, 6) is 0.800. The molecule has 2 aromatic carbocycles. The molecular formula is C26H35N3O5. The molecule has 1 saturated heterocycles. The number of hydrogen-bond acceptors (Lipinski definition) is 6. The second kappa shape index (κ2) is 11.9. The minimum atomic E-state index is -0.314. The third-order valence-corrected chi connectivity index (χ3v) is 5.58. The van der Waals surface area contributed by atoms with Gasteiger partial charge in [-0.2, -0.15) is 0 Å². The minimum Gasteiger partial charge on any atom is -0.493 e. The molecule has 0 radical (unpaired) electrons. The highest BCUT2D eigenvalue weighted by Gasteiger charge is 2.34. The van der Waals surface area contributed by atoms with Crippen LogP contribution in [-0.4, -0.2) is 61.8 Å². The molecule has 0 bridgehead atoms. The average molecular weight is 470 g/mol. The molecule has 8 heteroatoms. The fourth-order valence-electron chi connectivity index (χ4n) is 4.30. The molecule has 1 aliphatic rings. The van der Waals surface area contributed by atoms with Crippen LogP contribution in [-0.2, 0) is 14.3 Å². The summed E-state index contributed by atoms with van der Waals surface area (Å²) in [6.07, 6.45) is 0.156. The monoisotopic (exact) mass is 469 g/mol. The third kappa shape index (κ3) is 6.95. The number of morpholine rings is 1. The fourth-order valence-corrected chi connectivity index (χ4v) is 4.30. The van der Waals surface area contributed by atoms with Crippen LogP contribution in [0.4, 0.5) is 11.4 Å². The number of anilines is 2. The molecule has 3 atom stereocenters. The van der Waals surface area contributed by atoms with Crippen LogP contribution in [0.15, 0.2) is 48.5 Å². The first kappa shape index (κ1) is 25.5. The van der Waals surface area contributed by atoms with Crippen molar-refractivity contribution in [3.05, 3.63) is 48.5 Å². The number of amides is 2. The predicted octanol–water partition coefficient (Wildman–Crippen LogP) is 3.79. The summed E-state index contributed by atoms with van der Waals surface area (Å²) in [5, 5.41) is 5.82. The number of para-hydroxylation sites is 2. The lowest BCUT2D eigenvalue weighted by atomic mass is 9.99. The Bertz CT molecular complexity index is 970. The van der Waals surface area contributed by atoms with Crippen molar-refractivity contribution in [2.75, 3.05) is 37.4 Å². The Morgan fingerprint density at radius 1 is 1.00 bits per heavy atom. The van der Waals surface area contributed by atoms with Gasteiger partial charge in [0.25, 0.3) is 5.91 Å². The van der Waals surface area contributed by atoms with Crippen molar-refractivity contribution in [1.82, 2.24) is 4.90 Å². The number of methoxy groups -OCH3 is 1. The van der Waals surface area contributed by atoms with Crippen LogP contribution in [0, 0.1) is 5.92 Å². The van der Waals surface area contributed by atoms with E-state index in [0.717, 1.165) is 0 Å². The Hall–Kier alpha value is -3.10. The number of rotatable bonds is 9. The Balaban J connectivity index is 1.60. The number of carbonyl (C=O) groups is 2. The molecule has 0 saturated carbocycles. The summed E-state index contributed by atoms with van der Waals surface area (Å²) in [7, 11) is 1.55. The van der Waals surface area contributed by atoms with Gasteiger partial charge in [-0.15, -0.1) is 0 Å². The van der Waals surface area contributed by atoms with E-state index < -0.39 is 0 Å². The molecule has 2 aromatic rings. The SMILES string of the molecule is COc1ccccc1OCC(=O)Nc1cccc(NC(=O)C(C(C)C)N2CC(C)OC(C)C2)c1. The van der Waals surface area contributed by atoms with Gasteiger partial charge in [-0.25, -0.2) is 0 Å². The molecule has 0 aliphatic carbocycles. The van der Waals surface area contributed by atoms with Crippen molar-refractivity contribution in [2.24, 2.45) is 5.92 Å². The van der Waals surface area contributed by atoms with Crippen LogP contribution in [0.3, 0.4) is 0 Å². The first-order valence-corrected chi connectivity index (χ1v) is 11.6. The van der Waals surface area contributed by atoms with Crippen LogP contribution in [0.1, 0.15) is 27.7 Å². The van der Waals surface area contributed by atoms with Crippen LogP contribution in [0.25, 0.3) is 0 Å². The number of ether oxygens (including phenoxy) is 3. The van der Waals surface area contributed by atoms with E-state index in [1.807, 2.05) is 39.8 Å². The smallest absolute Gasteiger partial charge is 0.262 e. The summed E-state index contributed by atoms with van der Waals surface area (Å²) in [4.78, 5) is 27.8. The van der Waals surface area contributed by atoms with Gasteiger partial charge >= 0.3 is 0 Å². The van der Waals surface area contributed by atoms with Gasteiger partial charge in [0, 0.05) is 24.5 Å². The van der Waals surface area contributed by atoms with Gasteiger partial charge in [-0.1, -0.05) is 32.0 Å². The first-order valence-electron chi connectivity index (χ1n) is 11.6. The van der Waals surface area contributed by atoms with E-state index in [9.17, 15) is 9.59 Å². The van der Waals surface area contributed by atoms with Gasteiger partial charge < -0.3 is 24.8 Å². The molecule has 0 aromatic heterocycles. The van der Waals surface area contributed by atoms with Gasteiger partial charge in [-0.3, -0.25) is 14.5 Å². The molecular weight excluding hydrogens is 434 g/mol. The number of benzene rings is 2. The van der Waals surface area contributed by atoms with Crippen molar-refractivity contribution in [3.63, 3.8) is 0 Å². The van der Waals surface area contributed by atoms with Crippen molar-refractivity contribution in [2.45, 2.75) is 45.9 Å². The molecule has 8 nitrogen and oxygen atoms in total. The maximum Gasteiger partial charge on any atom is 0.262 e. The highest BCUT2D eigenvalue weighted by molar-refractivity contribution is 5.97. The Morgan fingerprint density at radius 2 is 1.62 bits per heavy atom. The number of hydrogen-bond donors (Lipinski definition) is 2. The van der Waals surface area contributed by atoms with Crippen LogP contribution >= 0.6 is 0 Å². The van der Waals surface area contributed by atoms with E-state index in [2.05, 4.69) is 15.5 Å². The van der Waals surface area contributed by atoms with Crippen LogP contribution in [0.5, 0.6) is 11.5 Å². The Labute approximate surface area is 201 Å². The van der Waals surface area contributed by atoms with E-state index in [-0.39, 0.29) is 42.6 Å². The molecule has 2 amide bonds. The van der Waals surface area contributed by atoms with Gasteiger partial charge in [0.1, 0.15) is 0 Å². The third-order valence-electron chi connectivity index (χ3n) is 5.58. The molecule has 3 unspecified atom stereocenters. The molecule has 184 valence electrons. The van der Waals surface area contributed by atoms with Crippen molar-refractivity contribution >= 4 is 23.2 Å². The quantitative estimate of drug-likeness (QED) is 0.581. The van der Waals surface area contributed by atoms with E-state index in [1.165, 1.54) is 0 Å². The maximum atomic E-state index is 13.2. The molecule has 2 N–H and O–H groups in total. The fraction of sp³-hybridized carbons (Fsp3) is 0.462. The molecule has 34 heavy (non-hydrogen) atoms. The van der Waals surface area contributed by atoms with Gasteiger partial charge in [0.05, 0.1) is 25.4 Å². The molecule has 1 fully saturated rings. The zero-order valence-electron chi connectivity index (χ0n) is 20.5. The van der Waals surface area contributed by atoms with Crippen LogP contribution < -0.4 is 20.1 Å². The van der Waals surface area contributed by atoms with E-state index in [0.29, 0.717) is 36.0 Å². The topological polar surface area (TPSA) is 89.1 Å². The standard InChI is InChI=1S/C26H35N3O5/c1-17(2)25(29-14-18(3)34-19(4)15-29)26(31)28-21-10-8-9-20(13-21)27-24(30)16-33-23-12-7-6-11-22(23)32-5/h6-13,17-19,25H,14-16H2,1-5H3,(H,27,30)(H,28,31). The molecule has 1 aliphatic heterocycles. The summed E-state index contributed by atoms with van der Waals surface area (Å²) in [6.45, 7) is 9.41. The van der Waals surface area contributed by atoms with E-state index in [4.69, 9.17) is 14.2 Å². The Kier molecular flexibility index (Phi) is 8.90. The highest BCUT2D eigenvalue weighted by Crippen LogP contribution is 2.26. The van der Waals surface area contributed by atoms with Crippen molar-refractivity contribution in [3.8, 4) is 11.5 Å². The second-order valence-electron chi connectivity index (χ2n) is 8.96. The zero-order chi connectivity index (χ0) is 24.7. The van der Waals surface area contributed by atoms with Crippen LogP contribution in [0.2, 0.25) is 0 Å².